The molecule has 0 amide bonds. The van der Waals surface area contributed by atoms with Crippen molar-refractivity contribution in [2.45, 2.75) is 20.3 Å². The van der Waals surface area contributed by atoms with Crippen LogP contribution in [-0.4, -0.2) is 25.5 Å². The lowest BCUT2D eigenvalue weighted by atomic mass is 10.0. The zero-order chi connectivity index (χ0) is 9.84. The number of benzene rings is 1. The molecule has 1 aromatic rings. The fraction of sp³-hybridized carbons (Fsp3) is 0.500. The first-order valence-corrected chi connectivity index (χ1v) is 4.80. The van der Waals surface area contributed by atoms with Crippen LogP contribution in [0, 0.1) is 13.8 Å². The summed E-state index contributed by atoms with van der Waals surface area (Å²) in [6, 6.07) is 6.69. The van der Waals surface area contributed by atoms with E-state index in [1.807, 2.05) is 0 Å². The van der Waals surface area contributed by atoms with E-state index in [1.54, 1.807) is 0 Å². The highest BCUT2D eigenvalue weighted by Gasteiger charge is 1.98. The molecule has 72 valence electrons. The lowest BCUT2D eigenvalue weighted by Crippen LogP contribution is -2.15. The van der Waals surface area contributed by atoms with Crippen molar-refractivity contribution in [3.05, 3.63) is 34.9 Å². The van der Waals surface area contributed by atoms with E-state index in [2.05, 4.69) is 51.0 Å². The Morgan fingerprint density at radius 2 is 1.85 bits per heavy atom. The van der Waals surface area contributed by atoms with Crippen molar-refractivity contribution in [3.63, 3.8) is 0 Å². The van der Waals surface area contributed by atoms with Gasteiger partial charge in [0.2, 0.25) is 0 Å². The lowest BCUT2D eigenvalue weighted by Gasteiger charge is -2.11. The first-order chi connectivity index (χ1) is 6.09. The quantitative estimate of drug-likeness (QED) is 0.685. The Kier molecular flexibility index (Phi) is 3.49. The third-order valence-corrected chi connectivity index (χ3v) is 2.33. The van der Waals surface area contributed by atoms with Gasteiger partial charge in [-0.25, -0.2) is 0 Å². The van der Waals surface area contributed by atoms with Crippen LogP contribution >= 0.6 is 0 Å². The maximum atomic E-state index is 2.25. The Morgan fingerprint density at radius 3 is 2.38 bits per heavy atom. The van der Waals surface area contributed by atoms with Crippen LogP contribution in [0.1, 0.15) is 16.7 Å². The summed E-state index contributed by atoms with van der Waals surface area (Å²) in [7, 11) is 4.23. The van der Waals surface area contributed by atoms with E-state index in [1.165, 1.54) is 16.7 Å². The number of hydrogen-bond donors (Lipinski definition) is 0. The number of likely N-dealkylation sites (N-methyl/N-ethyl adjacent to an activating group) is 1. The molecule has 0 radical (unpaired) electrons. The zero-order valence-electron chi connectivity index (χ0n) is 9.09. The first kappa shape index (κ1) is 10.3. The van der Waals surface area contributed by atoms with Gasteiger partial charge < -0.3 is 4.90 Å². The van der Waals surface area contributed by atoms with E-state index in [-0.39, 0.29) is 0 Å². The van der Waals surface area contributed by atoms with Gasteiger partial charge in [-0.15, -0.1) is 0 Å². The largest absolute Gasteiger partial charge is 0.309 e. The van der Waals surface area contributed by atoms with E-state index in [4.69, 9.17) is 0 Å². The minimum Gasteiger partial charge on any atom is -0.309 e. The highest BCUT2D eigenvalue weighted by atomic mass is 15.0. The number of nitrogens with zero attached hydrogens (tertiary/aromatic N) is 1. The van der Waals surface area contributed by atoms with E-state index < -0.39 is 0 Å². The van der Waals surface area contributed by atoms with Crippen LogP contribution in [0.5, 0.6) is 0 Å². The van der Waals surface area contributed by atoms with Crippen molar-refractivity contribution < 1.29 is 0 Å². The topological polar surface area (TPSA) is 3.24 Å². The van der Waals surface area contributed by atoms with E-state index in [0.717, 1.165) is 13.0 Å². The molecule has 0 heterocycles. The molecule has 0 fully saturated rings. The van der Waals surface area contributed by atoms with Gasteiger partial charge in [0, 0.05) is 6.54 Å². The second-order valence-corrected chi connectivity index (χ2v) is 3.98. The minimum absolute atomic E-state index is 1.13. The Hall–Kier alpha value is -0.820. The van der Waals surface area contributed by atoms with Crippen molar-refractivity contribution in [2.24, 2.45) is 0 Å². The summed E-state index contributed by atoms with van der Waals surface area (Å²) >= 11 is 0. The summed E-state index contributed by atoms with van der Waals surface area (Å²) in [4.78, 5) is 2.22. The SMILES string of the molecule is Cc1ccc(CCN(C)C)c(C)c1. The molecule has 1 rings (SSSR count). The smallest absolute Gasteiger partial charge is 0.00158 e. The Bertz CT molecular complexity index is 276. The normalized spacial score (nSPS) is 10.8. The van der Waals surface area contributed by atoms with Crippen molar-refractivity contribution >= 4 is 0 Å². The molecule has 0 aromatic heterocycles. The van der Waals surface area contributed by atoms with Crippen LogP contribution in [0.4, 0.5) is 0 Å². The van der Waals surface area contributed by atoms with Gasteiger partial charge in [0.1, 0.15) is 0 Å². The van der Waals surface area contributed by atoms with E-state index in [0.29, 0.717) is 0 Å². The summed E-state index contributed by atoms with van der Waals surface area (Å²) in [6.07, 6.45) is 1.15. The molecule has 0 aliphatic rings. The number of hydrogen-bond acceptors (Lipinski definition) is 1. The van der Waals surface area contributed by atoms with Crippen LogP contribution < -0.4 is 0 Å². The van der Waals surface area contributed by atoms with E-state index >= 15 is 0 Å². The van der Waals surface area contributed by atoms with Gasteiger partial charge in [0.25, 0.3) is 0 Å². The Balaban J connectivity index is 2.67. The molecule has 0 saturated heterocycles. The van der Waals surface area contributed by atoms with Crippen molar-refractivity contribution in [1.82, 2.24) is 4.90 Å². The maximum Gasteiger partial charge on any atom is 0.00158 e. The van der Waals surface area contributed by atoms with Gasteiger partial charge in [-0.1, -0.05) is 23.8 Å². The Morgan fingerprint density at radius 1 is 1.15 bits per heavy atom. The van der Waals surface area contributed by atoms with Crippen LogP contribution in [0.15, 0.2) is 18.2 Å². The second kappa shape index (κ2) is 4.43. The van der Waals surface area contributed by atoms with Crippen molar-refractivity contribution in [3.8, 4) is 0 Å². The third kappa shape index (κ3) is 3.19. The Labute approximate surface area is 81.4 Å². The molecular formula is C12H19N. The molecule has 0 aliphatic carbocycles. The van der Waals surface area contributed by atoms with Gasteiger partial charge in [-0.05, 0) is 45.5 Å². The monoisotopic (exact) mass is 177 g/mol. The molecule has 0 N–H and O–H groups in total. The molecule has 1 heteroatoms. The van der Waals surface area contributed by atoms with Crippen molar-refractivity contribution in [2.75, 3.05) is 20.6 Å². The maximum absolute atomic E-state index is 2.25. The molecule has 0 bridgehead atoms. The van der Waals surface area contributed by atoms with Gasteiger partial charge in [0.05, 0.1) is 0 Å². The summed E-state index contributed by atoms with van der Waals surface area (Å²) in [5.41, 5.74) is 4.24. The second-order valence-electron chi connectivity index (χ2n) is 3.98. The van der Waals surface area contributed by atoms with E-state index in [9.17, 15) is 0 Å². The molecule has 0 aliphatic heterocycles. The highest BCUT2D eigenvalue weighted by molar-refractivity contribution is 5.30. The van der Waals surface area contributed by atoms with Crippen molar-refractivity contribution in [1.29, 1.82) is 0 Å². The summed E-state index contributed by atoms with van der Waals surface area (Å²) < 4.78 is 0. The summed E-state index contributed by atoms with van der Waals surface area (Å²) in [5.74, 6) is 0. The molecule has 13 heavy (non-hydrogen) atoms. The third-order valence-electron chi connectivity index (χ3n) is 2.33. The first-order valence-electron chi connectivity index (χ1n) is 4.80. The van der Waals surface area contributed by atoms with Crippen LogP contribution in [-0.2, 0) is 6.42 Å². The zero-order valence-corrected chi connectivity index (χ0v) is 9.09. The number of rotatable bonds is 3. The van der Waals surface area contributed by atoms with Gasteiger partial charge >= 0.3 is 0 Å². The summed E-state index contributed by atoms with van der Waals surface area (Å²) in [5, 5.41) is 0. The average molecular weight is 177 g/mol. The molecule has 0 spiro atoms. The average Bonchev–Trinajstić information content (AvgIpc) is 2.02. The van der Waals surface area contributed by atoms with Crippen LogP contribution in [0.25, 0.3) is 0 Å². The molecule has 0 atom stereocenters. The van der Waals surface area contributed by atoms with Gasteiger partial charge in [-0.3, -0.25) is 0 Å². The molecule has 1 nitrogen and oxygen atoms in total. The molecular weight excluding hydrogens is 158 g/mol. The fourth-order valence-electron chi connectivity index (χ4n) is 1.47. The fourth-order valence-corrected chi connectivity index (χ4v) is 1.47. The molecule has 0 saturated carbocycles. The van der Waals surface area contributed by atoms with Gasteiger partial charge in [-0.2, -0.15) is 0 Å². The standard InChI is InChI=1S/C12H19N/c1-10-5-6-12(11(2)9-10)7-8-13(3)4/h5-6,9H,7-8H2,1-4H3. The van der Waals surface area contributed by atoms with Gasteiger partial charge in [0.15, 0.2) is 0 Å². The van der Waals surface area contributed by atoms with Crippen LogP contribution in [0.3, 0.4) is 0 Å². The summed E-state index contributed by atoms with van der Waals surface area (Å²) in [6.45, 7) is 5.46. The predicted octanol–water partition coefficient (Wildman–Crippen LogP) is 2.41. The lowest BCUT2D eigenvalue weighted by molar-refractivity contribution is 0.413. The number of aryl methyl sites for hydroxylation is 2. The van der Waals surface area contributed by atoms with Crippen LogP contribution in [0.2, 0.25) is 0 Å². The molecule has 1 aromatic carbocycles. The molecule has 0 unspecified atom stereocenters. The predicted molar refractivity (Wildman–Crippen MR) is 58.2 cm³/mol. The minimum atomic E-state index is 1.13. The highest BCUT2D eigenvalue weighted by Crippen LogP contribution is 2.11.